The highest BCUT2D eigenvalue weighted by molar-refractivity contribution is 9.10. The highest BCUT2D eigenvalue weighted by Crippen LogP contribution is 2.17. The molecule has 28 heavy (non-hydrogen) atoms. The molecule has 1 aliphatic rings. The molecule has 3 aromatic rings. The van der Waals surface area contributed by atoms with Crippen LogP contribution in [0.2, 0.25) is 0 Å². The molecule has 1 aromatic carbocycles. The van der Waals surface area contributed by atoms with Gasteiger partial charge in [-0.2, -0.15) is 15.0 Å². The van der Waals surface area contributed by atoms with Crippen LogP contribution < -0.4 is 26.5 Å². The summed E-state index contributed by atoms with van der Waals surface area (Å²) in [6.07, 6.45) is 0. The zero-order valence-electron chi connectivity index (χ0n) is 15.5. The van der Waals surface area contributed by atoms with Gasteiger partial charge in [0.05, 0.1) is 10.9 Å². The number of fused-ring (bicyclic) bond motifs is 1. The van der Waals surface area contributed by atoms with Crippen LogP contribution in [0, 0.1) is 6.92 Å². The molecular weight excluding hydrogens is 426 g/mol. The average Bonchev–Trinajstić information content (AvgIpc) is 2.72. The predicted octanol–water partition coefficient (Wildman–Crippen LogP) is 0.979. The lowest BCUT2D eigenvalue weighted by atomic mass is 10.2. The molecule has 0 radical (unpaired) electrons. The van der Waals surface area contributed by atoms with Crippen LogP contribution in [0.15, 0.2) is 27.5 Å². The van der Waals surface area contributed by atoms with Crippen molar-refractivity contribution in [3.63, 3.8) is 0 Å². The summed E-state index contributed by atoms with van der Waals surface area (Å²) in [7, 11) is 1.74. The maximum atomic E-state index is 13.0. The molecule has 1 saturated heterocycles. The number of piperazine rings is 1. The minimum Gasteiger partial charge on any atom is -0.357 e. The molecular formula is C17H20BrN9O. The molecule has 0 saturated carbocycles. The van der Waals surface area contributed by atoms with E-state index in [9.17, 15) is 4.79 Å². The Morgan fingerprint density at radius 3 is 2.61 bits per heavy atom. The topological polar surface area (TPSA) is 113 Å². The van der Waals surface area contributed by atoms with Crippen molar-refractivity contribution >= 4 is 44.7 Å². The third-order valence-electron chi connectivity index (χ3n) is 4.46. The quantitative estimate of drug-likeness (QED) is 0.540. The fraction of sp³-hybridized carbons (Fsp3) is 0.353. The molecule has 0 bridgehead atoms. The number of aryl methyl sites for hydroxylation is 1. The standard InChI is InChI=1S/C17H20BrN9O/c1-10-21-13-4-3-11(18)9-12(13)14(28)27(10)25-16-22-15(19-2)23-17(24-16)26-7-5-20-6-8-26/h3-4,9,20H,5-8H2,1-2H3,(H2,19,22,23,24,25). The van der Waals surface area contributed by atoms with Crippen LogP contribution in [0.25, 0.3) is 10.9 Å². The molecule has 0 unspecified atom stereocenters. The summed E-state index contributed by atoms with van der Waals surface area (Å²) in [5.41, 5.74) is 3.40. The van der Waals surface area contributed by atoms with Crippen LogP contribution >= 0.6 is 15.9 Å². The van der Waals surface area contributed by atoms with Crippen molar-refractivity contribution in [2.45, 2.75) is 6.92 Å². The highest BCUT2D eigenvalue weighted by Gasteiger charge is 2.17. The fourth-order valence-corrected chi connectivity index (χ4v) is 3.39. The number of benzene rings is 1. The van der Waals surface area contributed by atoms with Crippen LogP contribution in [-0.2, 0) is 0 Å². The van der Waals surface area contributed by atoms with Crippen LogP contribution in [0.4, 0.5) is 17.8 Å². The van der Waals surface area contributed by atoms with Gasteiger partial charge >= 0.3 is 0 Å². The predicted molar refractivity (Wildman–Crippen MR) is 112 cm³/mol. The van der Waals surface area contributed by atoms with E-state index in [1.807, 2.05) is 12.1 Å². The van der Waals surface area contributed by atoms with Gasteiger partial charge in [0.15, 0.2) is 0 Å². The lowest BCUT2D eigenvalue weighted by Crippen LogP contribution is -2.44. The number of hydrogen-bond donors (Lipinski definition) is 3. The molecule has 3 N–H and O–H groups in total. The Balaban J connectivity index is 1.75. The van der Waals surface area contributed by atoms with Gasteiger partial charge in [0, 0.05) is 37.7 Å². The van der Waals surface area contributed by atoms with Gasteiger partial charge < -0.3 is 15.5 Å². The fourth-order valence-electron chi connectivity index (χ4n) is 3.03. The van der Waals surface area contributed by atoms with Crippen LogP contribution in [0.1, 0.15) is 5.82 Å². The van der Waals surface area contributed by atoms with Crippen molar-refractivity contribution in [2.75, 3.05) is 48.9 Å². The maximum absolute atomic E-state index is 13.0. The summed E-state index contributed by atoms with van der Waals surface area (Å²) in [6, 6.07) is 5.42. The van der Waals surface area contributed by atoms with Crippen molar-refractivity contribution in [2.24, 2.45) is 0 Å². The Kier molecular flexibility index (Phi) is 5.09. The number of hydrogen-bond acceptors (Lipinski definition) is 9. The van der Waals surface area contributed by atoms with Gasteiger partial charge in [0.1, 0.15) is 5.82 Å². The van der Waals surface area contributed by atoms with E-state index in [1.165, 1.54) is 4.68 Å². The molecule has 0 amide bonds. The zero-order chi connectivity index (χ0) is 19.7. The Morgan fingerprint density at radius 1 is 1.11 bits per heavy atom. The first kappa shape index (κ1) is 18.6. The third kappa shape index (κ3) is 3.62. The molecule has 10 nitrogen and oxygen atoms in total. The summed E-state index contributed by atoms with van der Waals surface area (Å²) >= 11 is 3.40. The normalized spacial score (nSPS) is 14.3. The Hall–Kier alpha value is -2.79. The van der Waals surface area contributed by atoms with Crippen LogP contribution in [0.5, 0.6) is 0 Å². The minimum absolute atomic E-state index is 0.223. The third-order valence-corrected chi connectivity index (χ3v) is 4.95. The van der Waals surface area contributed by atoms with Crippen molar-refractivity contribution in [1.82, 2.24) is 29.9 Å². The van der Waals surface area contributed by atoms with Gasteiger partial charge in [-0.15, -0.1) is 0 Å². The van der Waals surface area contributed by atoms with Gasteiger partial charge in [-0.1, -0.05) is 15.9 Å². The number of halogens is 1. The summed E-state index contributed by atoms with van der Waals surface area (Å²) in [5, 5.41) is 6.75. The molecule has 0 aliphatic carbocycles. The smallest absolute Gasteiger partial charge is 0.280 e. The lowest BCUT2D eigenvalue weighted by Gasteiger charge is -2.27. The Labute approximate surface area is 169 Å². The maximum Gasteiger partial charge on any atom is 0.280 e. The molecule has 4 rings (SSSR count). The summed E-state index contributed by atoms with van der Waals surface area (Å²) in [5.74, 6) is 1.77. The zero-order valence-corrected chi connectivity index (χ0v) is 17.1. The van der Waals surface area contributed by atoms with Gasteiger partial charge in [-0.3, -0.25) is 10.2 Å². The van der Waals surface area contributed by atoms with Gasteiger partial charge in [-0.25, -0.2) is 9.66 Å². The van der Waals surface area contributed by atoms with E-state index in [0.29, 0.717) is 28.6 Å². The Morgan fingerprint density at radius 2 is 1.86 bits per heavy atom. The number of aromatic nitrogens is 5. The van der Waals surface area contributed by atoms with Gasteiger partial charge in [-0.05, 0) is 25.1 Å². The second kappa shape index (κ2) is 7.68. The van der Waals surface area contributed by atoms with E-state index < -0.39 is 0 Å². The molecule has 3 heterocycles. The van der Waals surface area contributed by atoms with E-state index in [4.69, 9.17) is 0 Å². The van der Waals surface area contributed by atoms with E-state index in [-0.39, 0.29) is 11.5 Å². The number of anilines is 3. The number of nitrogens with zero attached hydrogens (tertiary/aromatic N) is 6. The van der Waals surface area contributed by atoms with Crippen LogP contribution in [-0.4, -0.2) is 57.8 Å². The molecule has 0 atom stereocenters. The monoisotopic (exact) mass is 445 g/mol. The first-order valence-electron chi connectivity index (χ1n) is 8.90. The summed E-state index contributed by atoms with van der Waals surface area (Å²) < 4.78 is 2.17. The molecule has 1 fully saturated rings. The van der Waals surface area contributed by atoms with Crippen LogP contribution in [0.3, 0.4) is 0 Å². The van der Waals surface area contributed by atoms with Crippen molar-refractivity contribution < 1.29 is 0 Å². The SMILES string of the molecule is CNc1nc(Nn2c(C)nc3ccc(Br)cc3c2=O)nc(N2CCNCC2)n1. The second-order valence-corrected chi connectivity index (χ2v) is 7.26. The largest absolute Gasteiger partial charge is 0.357 e. The van der Waals surface area contributed by atoms with Crippen molar-refractivity contribution in [3.05, 3.63) is 38.9 Å². The van der Waals surface area contributed by atoms with E-state index in [2.05, 4.69) is 56.8 Å². The molecule has 1 aliphatic heterocycles. The lowest BCUT2D eigenvalue weighted by molar-refractivity contribution is 0.579. The first-order valence-corrected chi connectivity index (χ1v) is 9.70. The van der Waals surface area contributed by atoms with Crippen molar-refractivity contribution in [1.29, 1.82) is 0 Å². The highest BCUT2D eigenvalue weighted by atomic mass is 79.9. The summed E-state index contributed by atoms with van der Waals surface area (Å²) in [4.78, 5) is 32.8. The van der Waals surface area contributed by atoms with Crippen molar-refractivity contribution in [3.8, 4) is 0 Å². The average molecular weight is 446 g/mol. The van der Waals surface area contributed by atoms with Gasteiger partial charge in [0.25, 0.3) is 5.56 Å². The molecule has 0 spiro atoms. The minimum atomic E-state index is -0.223. The number of nitrogens with one attached hydrogen (secondary N) is 3. The first-order chi connectivity index (χ1) is 13.5. The second-order valence-electron chi connectivity index (χ2n) is 6.34. The molecule has 11 heteroatoms. The summed E-state index contributed by atoms with van der Waals surface area (Å²) in [6.45, 7) is 5.10. The van der Waals surface area contributed by atoms with Gasteiger partial charge in [0.2, 0.25) is 17.8 Å². The molecule has 2 aromatic heterocycles. The Bertz CT molecular complexity index is 1080. The molecule has 146 valence electrons. The number of rotatable bonds is 4. The van der Waals surface area contributed by atoms with E-state index in [1.54, 1.807) is 20.0 Å². The van der Waals surface area contributed by atoms with E-state index >= 15 is 0 Å². The van der Waals surface area contributed by atoms with E-state index in [0.717, 1.165) is 30.7 Å².